The number of halogens is 4. The second kappa shape index (κ2) is 10.9. The lowest BCUT2D eigenvalue weighted by Gasteiger charge is -2.23. The molecule has 0 aliphatic heterocycles. The molecule has 0 saturated carbocycles. The minimum Gasteiger partial charge on any atom is -0.370 e. The van der Waals surface area contributed by atoms with Crippen LogP contribution in [0.2, 0.25) is 10.0 Å². The Kier molecular flexibility index (Phi) is 8.56. The van der Waals surface area contributed by atoms with Crippen molar-refractivity contribution in [1.82, 2.24) is 5.32 Å². The third-order valence-electron chi connectivity index (χ3n) is 4.09. The number of primary amides is 1. The number of rotatable bonds is 9. The minimum atomic E-state index is -0.641. The van der Waals surface area contributed by atoms with Crippen molar-refractivity contribution in [2.45, 2.75) is 12.8 Å². The number of benzene rings is 2. The van der Waals surface area contributed by atoms with Crippen LogP contribution in [0.3, 0.4) is 0 Å². The molecular weight excluding hydrogens is 449 g/mol. The number of carbonyl (C=O) groups excluding carboxylic acids is 2. The van der Waals surface area contributed by atoms with E-state index in [0.29, 0.717) is 6.42 Å². The molecule has 31 heavy (non-hydrogen) atoms. The second-order valence-electron chi connectivity index (χ2n) is 6.51. The predicted octanol–water partition coefficient (Wildman–Crippen LogP) is 3.93. The fourth-order valence-electron chi connectivity index (χ4n) is 2.58. The Labute approximate surface area is 188 Å². The van der Waals surface area contributed by atoms with E-state index < -0.39 is 23.4 Å². The molecule has 2 rings (SSSR count). The fraction of sp³-hybridized carbons (Fsp3) is 0.143. The molecule has 0 aliphatic carbocycles. The van der Waals surface area contributed by atoms with Gasteiger partial charge in [-0.1, -0.05) is 29.8 Å². The second-order valence-corrected chi connectivity index (χ2v) is 7.35. The fourth-order valence-corrected chi connectivity index (χ4v) is 2.97. The maximum absolute atomic E-state index is 14.0. The van der Waals surface area contributed by atoms with Crippen LogP contribution < -0.4 is 21.9 Å². The Morgan fingerprint density at radius 1 is 1.16 bits per heavy atom. The Morgan fingerprint density at radius 3 is 2.48 bits per heavy atom. The predicted molar refractivity (Wildman–Crippen MR) is 118 cm³/mol. The summed E-state index contributed by atoms with van der Waals surface area (Å²) >= 11 is 11.8. The molecule has 0 unspecified atom stereocenters. The molecule has 2 aromatic rings. The van der Waals surface area contributed by atoms with Crippen LogP contribution >= 0.6 is 23.2 Å². The zero-order valence-electron chi connectivity index (χ0n) is 16.3. The van der Waals surface area contributed by atoms with Gasteiger partial charge in [-0.15, -0.1) is 0 Å². The first-order valence-corrected chi connectivity index (χ1v) is 9.77. The first-order valence-electron chi connectivity index (χ1n) is 9.02. The topological polar surface area (TPSA) is 101 Å². The number of nitrogens with two attached hydrogens (primary N) is 2. The maximum Gasteiger partial charge on any atom is 0.250 e. The summed E-state index contributed by atoms with van der Waals surface area (Å²) in [6.45, 7) is 3.92. The Bertz CT molecular complexity index is 1020. The summed E-state index contributed by atoms with van der Waals surface area (Å²) in [5.41, 5.74) is 5.73. The van der Waals surface area contributed by atoms with Crippen LogP contribution in [-0.4, -0.2) is 18.4 Å². The van der Waals surface area contributed by atoms with Crippen molar-refractivity contribution in [2.75, 3.05) is 11.6 Å². The van der Waals surface area contributed by atoms with Gasteiger partial charge in [0.2, 0.25) is 5.91 Å². The van der Waals surface area contributed by atoms with E-state index in [1.165, 1.54) is 30.3 Å². The van der Waals surface area contributed by atoms with Gasteiger partial charge in [0.1, 0.15) is 11.6 Å². The molecule has 0 saturated heterocycles. The highest BCUT2D eigenvalue weighted by atomic mass is 35.5. The van der Waals surface area contributed by atoms with Crippen molar-refractivity contribution in [3.8, 4) is 0 Å². The first kappa shape index (κ1) is 24.3. The molecule has 10 heteroatoms. The molecule has 0 fully saturated rings. The summed E-state index contributed by atoms with van der Waals surface area (Å²) in [7, 11) is 0. The standard InChI is InChI=1S/C21H20Cl2F2N4O2/c1-12(21(31)28-6-2-3-20(26)30)7-19(13-8-14(22)10-15(24)9-13)29(27)16-4-5-18(25)17(23)11-16/h4-5,7-11H,1-3,6,27H2,(H2,26,30)(H,28,31)/b19-7-. The van der Waals surface area contributed by atoms with E-state index in [4.69, 9.17) is 34.8 Å². The largest absolute Gasteiger partial charge is 0.370 e. The number of amides is 2. The van der Waals surface area contributed by atoms with Crippen molar-refractivity contribution >= 4 is 46.4 Å². The van der Waals surface area contributed by atoms with Crippen LogP contribution in [0.1, 0.15) is 18.4 Å². The van der Waals surface area contributed by atoms with Gasteiger partial charge in [0.15, 0.2) is 0 Å². The van der Waals surface area contributed by atoms with Crippen molar-refractivity contribution in [3.63, 3.8) is 0 Å². The zero-order chi connectivity index (χ0) is 23.1. The molecule has 2 aromatic carbocycles. The Hall–Kier alpha value is -2.94. The first-order chi connectivity index (χ1) is 14.6. The number of nitrogens with one attached hydrogen (secondary N) is 1. The molecule has 6 nitrogen and oxygen atoms in total. The van der Waals surface area contributed by atoms with Gasteiger partial charge in [0.05, 0.1) is 16.4 Å². The van der Waals surface area contributed by atoms with Crippen molar-refractivity contribution in [2.24, 2.45) is 11.6 Å². The van der Waals surface area contributed by atoms with Gasteiger partial charge in [-0.05, 0) is 48.9 Å². The Balaban J connectivity index is 2.36. The highest BCUT2D eigenvalue weighted by Crippen LogP contribution is 2.29. The smallest absolute Gasteiger partial charge is 0.250 e. The molecule has 0 spiro atoms. The molecule has 0 bridgehead atoms. The van der Waals surface area contributed by atoms with Crippen LogP contribution in [0.15, 0.2) is 54.6 Å². The molecule has 0 aliphatic rings. The summed E-state index contributed by atoms with van der Waals surface area (Å²) < 4.78 is 27.5. The van der Waals surface area contributed by atoms with Crippen LogP contribution in [0.5, 0.6) is 0 Å². The van der Waals surface area contributed by atoms with Gasteiger partial charge >= 0.3 is 0 Å². The number of hydrogen-bond acceptors (Lipinski definition) is 4. The van der Waals surface area contributed by atoms with Crippen LogP contribution in [0.4, 0.5) is 14.5 Å². The zero-order valence-corrected chi connectivity index (χ0v) is 17.8. The average molecular weight is 469 g/mol. The van der Waals surface area contributed by atoms with Crippen LogP contribution in [-0.2, 0) is 9.59 Å². The van der Waals surface area contributed by atoms with E-state index in [1.807, 2.05) is 0 Å². The summed E-state index contributed by atoms with van der Waals surface area (Å²) in [5, 5.41) is 3.62. The summed E-state index contributed by atoms with van der Waals surface area (Å²) in [6.07, 6.45) is 1.81. The maximum atomic E-state index is 14.0. The normalized spacial score (nSPS) is 11.2. The van der Waals surface area contributed by atoms with Crippen molar-refractivity contribution < 1.29 is 18.4 Å². The van der Waals surface area contributed by atoms with E-state index in [9.17, 15) is 18.4 Å². The lowest BCUT2D eigenvalue weighted by Crippen LogP contribution is -2.30. The number of hydrogen-bond donors (Lipinski definition) is 3. The lowest BCUT2D eigenvalue weighted by atomic mass is 10.1. The number of anilines is 1. The summed E-state index contributed by atoms with van der Waals surface area (Å²) in [5.74, 6) is 3.91. The van der Waals surface area contributed by atoms with Gasteiger partial charge in [0, 0.05) is 29.1 Å². The van der Waals surface area contributed by atoms with E-state index in [1.54, 1.807) is 0 Å². The molecule has 0 atom stereocenters. The number of nitrogens with zero attached hydrogens (tertiary/aromatic N) is 1. The summed E-state index contributed by atoms with van der Waals surface area (Å²) in [4.78, 5) is 23.1. The average Bonchev–Trinajstić information content (AvgIpc) is 2.69. The van der Waals surface area contributed by atoms with E-state index in [2.05, 4.69) is 11.9 Å². The van der Waals surface area contributed by atoms with Gasteiger partial charge in [-0.3, -0.25) is 14.6 Å². The highest BCUT2D eigenvalue weighted by molar-refractivity contribution is 6.31. The molecule has 164 valence electrons. The van der Waals surface area contributed by atoms with Gasteiger partial charge in [-0.25, -0.2) is 14.6 Å². The van der Waals surface area contributed by atoms with E-state index >= 15 is 0 Å². The SMILES string of the molecule is C=C(/C=C(/c1cc(F)cc(Cl)c1)N(N)c1ccc(F)c(Cl)c1)C(=O)NCCCC(N)=O. The van der Waals surface area contributed by atoms with Gasteiger partial charge in [-0.2, -0.15) is 0 Å². The van der Waals surface area contributed by atoms with Crippen molar-refractivity contribution in [1.29, 1.82) is 0 Å². The molecule has 0 radical (unpaired) electrons. The van der Waals surface area contributed by atoms with Crippen LogP contribution in [0, 0.1) is 11.6 Å². The lowest BCUT2D eigenvalue weighted by molar-refractivity contribution is -0.119. The Morgan fingerprint density at radius 2 is 1.87 bits per heavy atom. The number of carbonyl (C=O) groups is 2. The highest BCUT2D eigenvalue weighted by Gasteiger charge is 2.16. The molecule has 0 aromatic heterocycles. The molecular formula is C21H20Cl2F2N4O2. The third kappa shape index (κ3) is 7.06. The van der Waals surface area contributed by atoms with Gasteiger partial charge in [0.25, 0.3) is 5.91 Å². The summed E-state index contributed by atoms with van der Waals surface area (Å²) in [6, 6.07) is 7.48. The monoisotopic (exact) mass is 468 g/mol. The number of hydrazine groups is 1. The van der Waals surface area contributed by atoms with E-state index in [0.717, 1.165) is 17.1 Å². The minimum absolute atomic E-state index is 0.00174. The third-order valence-corrected chi connectivity index (χ3v) is 4.60. The molecule has 0 heterocycles. The van der Waals surface area contributed by atoms with Crippen LogP contribution in [0.25, 0.3) is 5.70 Å². The van der Waals surface area contributed by atoms with E-state index in [-0.39, 0.29) is 45.5 Å². The van der Waals surface area contributed by atoms with Crippen molar-refractivity contribution in [3.05, 3.63) is 81.9 Å². The quantitative estimate of drug-likeness (QED) is 0.170. The van der Waals surface area contributed by atoms with Gasteiger partial charge < -0.3 is 11.1 Å². The molecule has 5 N–H and O–H groups in total. The molecule has 2 amide bonds.